The van der Waals surface area contributed by atoms with Crippen molar-refractivity contribution in [3.05, 3.63) is 47.6 Å². The van der Waals surface area contributed by atoms with Gasteiger partial charge in [0.2, 0.25) is 0 Å². The molecule has 2 heterocycles. The Labute approximate surface area is 102 Å². The first kappa shape index (κ1) is 10.1. The number of aromatic nitrogens is 3. The highest BCUT2D eigenvalue weighted by Gasteiger charge is 2.06. The highest BCUT2D eigenvalue weighted by Crippen LogP contribution is 2.21. The average Bonchev–Trinajstić information content (AvgIpc) is 2.72. The van der Waals surface area contributed by atoms with Crippen LogP contribution < -0.4 is 0 Å². The number of pyridine rings is 1. The summed E-state index contributed by atoms with van der Waals surface area (Å²) in [7, 11) is 0. The zero-order chi connectivity index (χ0) is 11.8. The maximum absolute atomic E-state index is 9.41. The van der Waals surface area contributed by atoms with Gasteiger partial charge in [-0.25, -0.2) is 9.50 Å². The molecule has 0 spiro atoms. The smallest absolute Gasteiger partial charge is 0.182 e. The first-order valence-electron chi connectivity index (χ1n) is 5.04. The van der Waals surface area contributed by atoms with Crippen LogP contribution in [0.1, 0.15) is 0 Å². The molecule has 0 atom stereocenters. The number of halogens is 1. The zero-order valence-corrected chi connectivity index (χ0v) is 9.46. The third-order valence-corrected chi connectivity index (χ3v) is 2.64. The lowest BCUT2D eigenvalue weighted by Crippen LogP contribution is -1.85. The fourth-order valence-corrected chi connectivity index (χ4v) is 1.78. The highest BCUT2D eigenvalue weighted by atomic mass is 35.5. The summed E-state index contributed by atoms with van der Waals surface area (Å²) in [6.45, 7) is 0. The summed E-state index contributed by atoms with van der Waals surface area (Å²) >= 11 is 5.88. The quantitative estimate of drug-likeness (QED) is 0.717. The van der Waals surface area contributed by atoms with Crippen molar-refractivity contribution in [3.63, 3.8) is 0 Å². The van der Waals surface area contributed by atoms with Gasteiger partial charge in [-0.05, 0) is 18.2 Å². The van der Waals surface area contributed by atoms with E-state index in [1.165, 1.54) is 0 Å². The zero-order valence-electron chi connectivity index (χ0n) is 8.71. The van der Waals surface area contributed by atoms with Gasteiger partial charge < -0.3 is 5.11 Å². The standard InChI is InChI=1S/C12H8ClN3O/c13-9-4-5-16-11(7-9)14-12(15-16)8-2-1-3-10(17)6-8/h1-7,17H. The van der Waals surface area contributed by atoms with Crippen LogP contribution in [0.3, 0.4) is 0 Å². The van der Waals surface area contributed by atoms with E-state index in [9.17, 15) is 5.11 Å². The molecular weight excluding hydrogens is 238 g/mol. The van der Waals surface area contributed by atoms with Gasteiger partial charge in [0.15, 0.2) is 11.5 Å². The van der Waals surface area contributed by atoms with Gasteiger partial charge >= 0.3 is 0 Å². The molecule has 0 bridgehead atoms. The summed E-state index contributed by atoms with van der Waals surface area (Å²) in [4.78, 5) is 4.34. The number of benzene rings is 1. The van der Waals surface area contributed by atoms with E-state index >= 15 is 0 Å². The van der Waals surface area contributed by atoms with Gasteiger partial charge in [-0.15, -0.1) is 5.10 Å². The molecule has 0 radical (unpaired) electrons. The van der Waals surface area contributed by atoms with Crippen molar-refractivity contribution in [1.29, 1.82) is 0 Å². The van der Waals surface area contributed by atoms with Gasteiger partial charge in [0.1, 0.15) is 5.75 Å². The Kier molecular flexibility index (Phi) is 2.23. The molecule has 5 heteroatoms. The molecule has 0 fully saturated rings. The molecule has 1 aromatic carbocycles. The molecule has 17 heavy (non-hydrogen) atoms. The maximum Gasteiger partial charge on any atom is 0.182 e. The van der Waals surface area contributed by atoms with E-state index in [2.05, 4.69) is 10.1 Å². The third-order valence-electron chi connectivity index (χ3n) is 2.40. The molecule has 84 valence electrons. The Balaban J connectivity index is 2.18. The van der Waals surface area contributed by atoms with Crippen molar-refractivity contribution in [2.75, 3.05) is 0 Å². The van der Waals surface area contributed by atoms with E-state index in [-0.39, 0.29) is 5.75 Å². The highest BCUT2D eigenvalue weighted by molar-refractivity contribution is 6.30. The summed E-state index contributed by atoms with van der Waals surface area (Å²) in [6.07, 6.45) is 1.75. The van der Waals surface area contributed by atoms with Crippen LogP contribution in [0.2, 0.25) is 5.02 Å². The second-order valence-corrected chi connectivity index (χ2v) is 4.07. The van der Waals surface area contributed by atoms with Gasteiger partial charge in [0.25, 0.3) is 0 Å². The predicted octanol–water partition coefficient (Wildman–Crippen LogP) is 2.76. The molecule has 1 N–H and O–H groups in total. The number of phenolic OH excluding ortho intramolecular Hbond substituents is 1. The number of phenols is 1. The molecular formula is C12H8ClN3O. The lowest BCUT2D eigenvalue weighted by Gasteiger charge is -1.94. The average molecular weight is 246 g/mol. The van der Waals surface area contributed by atoms with Gasteiger partial charge in [0.05, 0.1) is 0 Å². The first-order chi connectivity index (χ1) is 8.22. The van der Waals surface area contributed by atoms with Crippen LogP contribution in [0.5, 0.6) is 5.75 Å². The van der Waals surface area contributed by atoms with Crippen molar-refractivity contribution in [2.24, 2.45) is 0 Å². The van der Waals surface area contributed by atoms with E-state index in [0.29, 0.717) is 16.5 Å². The molecule has 0 aliphatic carbocycles. The molecule has 3 aromatic rings. The summed E-state index contributed by atoms with van der Waals surface area (Å²) in [5.41, 5.74) is 1.45. The van der Waals surface area contributed by atoms with Crippen molar-refractivity contribution in [3.8, 4) is 17.1 Å². The summed E-state index contributed by atoms with van der Waals surface area (Å²) < 4.78 is 1.64. The van der Waals surface area contributed by atoms with Crippen LogP contribution in [-0.2, 0) is 0 Å². The van der Waals surface area contributed by atoms with E-state index in [4.69, 9.17) is 11.6 Å². The van der Waals surface area contributed by atoms with Gasteiger partial charge in [-0.3, -0.25) is 0 Å². The minimum atomic E-state index is 0.194. The summed E-state index contributed by atoms with van der Waals surface area (Å²) in [5.74, 6) is 0.752. The lowest BCUT2D eigenvalue weighted by molar-refractivity contribution is 0.475. The lowest BCUT2D eigenvalue weighted by atomic mass is 10.2. The second-order valence-electron chi connectivity index (χ2n) is 3.63. The molecule has 3 rings (SSSR count). The van der Waals surface area contributed by atoms with E-state index in [0.717, 1.165) is 5.56 Å². The van der Waals surface area contributed by atoms with Crippen LogP contribution in [0.4, 0.5) is 0 Å². The van der Waals surface area contributed by atoms with Gasteiger partial charge in [-0.1, -0.05) is 23.7 Å². The second kappa shape index (κ2) is 3.75. The Morgan fingerprint density at radius 2 is 2.06 bits per heavy atom. The SMILES string of the molecule is Oc1cccc(-c2nc3cc(Cl)ccn3n2)c1. The minimum Gasteiger partial charge on any atom is -0.508 e. The van der Waals surface area contributed by atoms with Crippen molar-refractivity contribution < 1.29 is 5.11 Å². The molecule has 0 aliphatic rings. The van der Waals surface area contributed by atoms with Crippen LogP contribution in [0.25, 0.3) is 17.0 Å². The number of aromatic hydroxyl groups is 1. The molecule has 0 saturated heterocycles. The van der Waals surface area contributed by atoms with Gasteiger partial charge in [0, 0.05) is 22.8 Å². The van der Waals surface area contributed by atoms with Crippen molar-refractivity contribution in [1.82, 2.24) is 14.6 Å². The van der Waals surface area contributed by atoms with Crippen LogP contribution in [0.15, 0.2) is 42.6 Å². The maximum atomic E-state index is 9.41. The molecule has 0 amide bonds. The van der Waals surface area contributed by atoms with Crippen LogP contribution in [0, 0.1) is 0 Å². The molecule has 0 saturated carbocycles. The topological polar surface area (TPSA) is 50.4 Å². The number of fused-ring (bicyclic) bond motifs is 1. The Bertz CT molecular complexity index is 693. The Morgan fingerprint density at radius 1 is 1.18 bits per heavy atom. The van der Waals surface area contributed by atoms with Gasteiger partial charge in [-0.2, -0.15) is 0 Å². The van der Waals surface area contributed by atoms with E-state index < -0.39 is 0 Å². The molecule has 4 nitrogen and oxygen atoms in total. The fraction of sp³-hybridized carbons (Fsp3) is 0. The largest absolute Gasteiger partial charge is 0.508 e. The minimum absolute atomic E-state index is 0.194. The number of hydrogen-bond donors (Lipinski definition) is 1. The summed E-state index contributed by atoms with van der Waals surface area (Å²) in [5, 5.41) is 14.3. The molecule has 0 aliphatic heterocycles. The Morgan fingerprint density at radius 3 is 2.88 bits per heavy atom. The Hall–Kier alpha value is -2.07. The van der Waals surface area contributed by atoms with Crippen LogP contribution >= 0.6 is 11.6 Å². The number of rotatable bonds is 1. The van der Waals surface area contributed by atoms with Crippen molar-refractivity contribution >= 4 is 17.2 Å². The monoisotopic (exact) mass is 245 g/mol. The number of nitrogens with zero attached hydrogens (tertiary/aromatic N) is 3. The first-order valence-corrected chi connectivity index (χ1v) is 5.41. The third kappa shape index (κ3) is 1.83. The summed E-state index contributed by atoms with van der Waals surface area (Å²) in [6, 6.07) is 10.3. The van der Waals surface area contributed by atoms with E-state index in [1.54, 1.807) is 41.0 Å². The van der Waals surface area contributed by atoms with Crippen LogP contribution in [-0.4, -0.2) is 19.7 Å². The number of hydrogen-bond acceptors (Lipinski definition) is 3. The molecule has 2 aromatic heterocycles. The fourth-order valence-electron chi connectivity index (χ4n) is 1.62. The predicted molar refractivity (Wildman–Crippen MR) is 65.1 cm³/mol. The normalized spacial score (nSPS) is 10.9. The van der Waals surface area contributed by atoms with E-state index in [1.807, 2.05) is 6.07 Å². The molecule has 0 unspecified atom stereocenters. The van der Waals surface area contributed by atoms with Crippen molar-refractivity contribution in [2.45, 2.75) is 0 Å².